The zero-order valence-corrected chi connectivity index (χ0v) is 14.7. The highest BCUT2D eigenvalue weighted by Crippen LogP contribution is 2.35. The molecule has 0 bridgehead atoms. The van der Waals surface area contributed by atoms with Crippen molar-refractivity contribution in [2.24, 2.45) is 7.05 Å². The van der Waals surface area contributed by atoms with Gasteiger partial charge in [-0.3, -0.25) is 0 Å². The van der Waals surface area contributed by atoms with Crippen LogP contribution in [-0.2, 0) is 29.4 Å². The number of rotatable bonds is 7. The van der Waals surface area contributed by atoms with Gasteiger partial charge < -0.3 is 9.30 Å². The number of nitrogens with one attached hydrogen (secondary N) is 1. The van der Waals surface area contributed by atoms with Crippen molar-refractivity contribution < 1.29 is 13.2 Å². The van der Waals surface area contributed by atoms with Gasteiger partial charge >= 0.3 is 0 Å². The molecule has 1 aromatic heterocycles. The second kappa shape index (κ2) is 6.90. The minimum atomic E-state index is -3.46. The van der Waals surface area contributed by atoms with Crippen LogP contribution in [0.1, 0.15) is 42.4 Å². The van der Waals surface area contributed by atoms with Gasteiger partial charge in [0, 0.05) is 13.0 Å². The van der Waals surface area contributed by atoms with Gasteiger partial charge in [-0.25, -0.2) is 13.1 Å². The van der Waals surface area contributed by atoms with E-state index in [1.54, 1.807) is 31.4 Å². The third kappa shape index (κ3) is 3.76. The largest absolute Gasteiger partial charge is 0.497 e. The summed E-state index contributed by atoms with van der Waals surface area (Å²) in [5.74, 6) is 2.58. The molecule has 0 atom stereocenters. The lowest BCUT2D eigenvalue weighted by molar-refractivity contribution is 0.391. The van der Waals surface area contributed by atoms with Crippen molar-refractivity contribution in [1.82, 2.24) is 19.5 Å². The van der Waals surface area contributed by atoms with E-state index >= 15 is 0 Å². The van der Waals surface area contributed by atoms with Gasteiger partial charge in [0.2, 0.25) is 10.0 Å². The van der Waals surface area contributed by atoms with Crippen molar-refractivity contribution in [3.05, 3.63) is 41.5 Å². The van der Waals surface area contributed by atoms with Crippen molar-refractivity contribution in [3.8, 4) is 5.75 Å². The van der Waals surface area contributed by atoms with Gasteiger partial charge in [-0.05, 0) is 30.5 Å². The lowest BCUT2D eigenvalue weighted by Gasteiger charge is -2.24. The van der Waals surface area contributed by atoms with Gasteiger partial charge in [-0.2, -0.15) is 0 Å². The van der Waals surface area contributed by atoms with E-state index in [1.807, 2.05) is 11.6 Å². The highest BCUT2D eigenvalue weighted by Gasteiger charge is 2.25. The molecule has 130 valence electrons. The van der Waals surface area contributed by atoms with Crippen LogP contribution in [0.5, 0.6) is 5.75 Å². The number of aromatic nitrogens is 3. The molecule has 1 saturated carbocycles. The Balaban J connectivity index is 1.63. The number of hydrogen-bond acceptors (Lipinski definition) is 5. The first-order valence-electron chi connectivity index (χ1n) is 7.97. The van der Waals surface area contributed by atoms with E-state index in [2.05, 4.69) is 14.9 Å². The first kappa shape index (κ1) is 16.9. The molecule has 0 amide bonds. The van der Waals surface area contributed by atoms with Gasteiger partial charge in [0.05, 0.1) is 19.4 Å². The summed E-state index contributed by atoms with van der Waals surface area (Å²) in [6.45, 7) is 0.141. The average molecular weight is 350 g/mol. The molecule has 24 heavy (non-hydrogen) atoms. The predicted molar refractivity (Wildman–Crippen MR) is 90.1 cm³/mol. The zero-order chi connectivity index (χ0) is 17.2. The normalized spacial score (nSPS) is 15.2. The minimum Gasteiger partial charge on any atom is -0.497 e. The second-order valence-electron chi connectivity index (χ2n) is 6.09. The predicted octanol–water partition coefficient (Wildman–Crippen LogP) is 1.71. The van der Waals surface area contributed by atoms with Gasteiger partial charge in [0.1, 0.15) is 17.4 Å². The van der Waals surface area contributed by atoms with E-state index in [0.29, 0.717) is 23.1 Å². The Hall–Kier alpha value is -1.93. The molecule has 0 spiro atoms. The summed E-state index contributed by atoms with van der Waals surface area (Å²) in [6.07, 6.45) is 3.49. The number of hydrogen-bond donors (Lipinski definition) is 1. The van der Waals surface area contributed by atoms with Crippen molar-refractivity contribution in [2.75, 3.05) is 7.11 Å². The molecule has 0 radical (unpaired) electrons. The van der Waals surface area contributed by atoms with Crippen molar-refractivity contribution in [3.63, 3.8) is 0 Å². The summed E-state index contributed by atoms with van der Waals surface area (Å²) < 4.78 is 34.2. The van der Waals surface area contributed by atoms with E-state index in [9.17, 15) is 8.42 Å². The molecule has 1 aliphatic carbocycles. The van der Waals surface area contributed by atoms with E-state index in [1.165, 1.54) is 6.42 Å². The fourth-order valence-electron chi connectivity index (χ4n) is 2.76. The molecule has 0 saturated heterocycles. The number of ether oxygens (including phenoxy) is 1. The maximum atomic E-state index is 12.3. The quantitative estimate of drug-likeness (QED) is 0.821. The summed E-state index contributed by atoms with van der Waals surface area (Å²) in [7, 11) is -0.0204. The minimum absolute atomic E-state index is 0.0997. The van der Waals surface area contributed by atoms with Crippen molar-refractivity contribution >= 4 is 10.0 Å². The van der Waals surface area contributed by atoms with Crippen LogP contribution in [-0.4, -0.2) is 30.3 Å². The standard InChI is InChI=1S/C16H22N4O3S/c1-20-15(18-19-16(20)13-6-4-7-13)10-17-24(21,22)11-12-5-3-8-14(9-12)23-2/h3,5,8-9,13,17H,4,6-7,10-11H2,1-2H3. The van der Waals surface area contributed by atoms with Crippen LogP contribution >= 0.6 is 0 Å². The maximum absolute atomic E-state index is 12.3. The molecular formula is C16H22N4O3S. The summed E-state index contributed by atoms with van der Waals surface area (Å²) in [6, 6.07) is 7.04. The van der Waals surface area contributed by atoms with E-state index in [0.717, 1.165) is 18.7 Å². The lowest BCUT2D eigenvalue weighted by Crippen LogP contribution is -2.26. The topological polar surface area (TPSA) is 86.1 Å². The van der Waals surface area contributed by atoms with Crippen LogP contribution in [0, 0.1) is 0 Å². The third-order valence-corrected chi connectivity index (χ3v) is 5.71. The van der Waals surface area contributed by atoms with Crippen LogP contribution in [0.15, 0.2) is 24.3 Å². The highest BCUT2D eigenvalue weighted by atomic mass is 32.2. The van der Waals surface area contributed by atoms with Crippen LogP contribution in [0.4, 0.5) is 0 Å². The van der Waals surface area contributed by atoms with E-state index in [-0.39, 0.29) is 12.3 Å². The summed E-state index contributed by atoms with van der Waals surface area (Å²) in [5, 5.41) is 8.33. The average Bonchev–Trinajstić information content (AvgIpc) is 2.85. The molecule has 0 aliphatic heterocycles. The Morgan fingerprint density at radius 2 is 2.12 bits per heavy atom. The molecule has 2 aromatic rings. The molecule has 1 aliphatic rings. The van der Waals surface area contributed by atoms with E-state index in [4.69, 9.17) is 4.74 Å². The second-order valence-corrected chi connectivity index (χ2v) is 7.90. The molecule has 0 unspecified atom stereocenters. The van der Waals surface area contributed by atoms with Crippen LogP contribution in [0.25, 0.3) is 0 Å². The molecule has 8 heteroatoms. The number of benzene rings is 1. The maximum Gasteiger partial charge on any atom is 0.216 e. The molecule has 3 rings (SSSR count). The fraction of sp³-hybridized carbons (Fsp3) is 0.500. The van der Waals surface area contributed by atoms with Crippen LogP contribution < -0.4 is 9.46 Å². The van der Waals surface area contributed by atoms with Crippen molar-refractivity contribution in [1.29, 1.82) is 0 Å². The molecule has 7 nitrogen and oxygen atoms in total. The van der Waals surface area contributed by atoms with Crippen LogP contribution in [0.2, 0.25) is 0 Å². The van der Waals surface area contributed by atoms with Gasteiger partial charge in [-0.1, -0.05) is 18.6 Å². The van der Waals surface area contributed by atoms with Gasteiger partial charge in [0.25, 0.3) is 0 Å². The highest BCUT2D eigenvalue weighted by molar-refractivity contribution is 7.88. The number of methoxy groups -OCH3 is 1. The molecule has 1 heterocycles. The first-order valence-corrected chi connectivity index (χ1v) is 9.62. The summed E-state index contributed by atoms with van der Waals surface area (Å²) >= 11 is 0. The SMILES string of the molecule is COc1cccc(CS(=O)(=O)NCc2nnc(C3CCC3)n2C)c1. The van der Waals surface area contributed by atoms with Crippen molar-refractivity contribution in [2.45, 2.75) is 37.5 Å². The molecule has 1 fully saturated rings. The summed E-state index contributed by atoms with van der Waals surface area (Å²) in [4.78, 5) is 0. The Labute approximate surface area is 142 Å². The monoisotopic (exact) mass is 350 g/mol. The van der Waals surface area contributed by atoms with Gasteiger partial charge in [-0.15, -0.1) is 10.2 Å². The molecular weight excluding hydrogens is 328 g/mol. The Kier molecular flexibility index (Phi) is 4.86. The smallest absolute Gasteiger partial charge is 0.216 e. The third-order valence-electron chi connectivity index (χ3n) is 4.41. The number of nitrogens with zero attached hydrogens (tertiary/aromatic N) is 3. The fourth-order valence-corrected chi connectivity index (χ4v) is 3.83. The Morgan fingerprint density at radius 3 is 2.79 bits per heavy atom. The Bertz CT molecular complexity index is 812. The van der Waals surface area contributed by atoms with Gasteiger partial charge in [0.15, 0.2) is 0 Å². The summed E-state index contributed by atoms with van der Waals surface area (Å²) in [5.41, 5.74) is 0.676. The zero-order valence-electron chi connectivity index (χ0n) is 13.9. The first-order chi connectivity index (χ1) is 11.5. The number of sulfonamides is 1. The molecule has 1 N–H and O–H groups in total. The lowest BCUT2D eigenvalue weighted by atomic mass is 9.85. The Morgan fingerprint density at radius 1 is 1.33 bits per heavy atom. The van der Waals surface area contributed by atoms with Crippen LogP contribution in [0.3, 0.4) is 0 Å². The molecule has 1 aromatic carbocycles. The van der Waals surface area contributed by atoms with E-state index < -0.39 is 10.0 Å².